The lowest BCUT2D eigenvalue weighted by atomic mass is 9.96. The summed E-state index contributed by atoms with van der Waals surface area (Å²) >= 11 is 1.23. The highest BCUT2D eigenvalue weighted by Gasteiger charge is 2.64. The van der Waals surface area contributed by atoms with Gasteiger partial charge in [0.05, 0.1) is 0 Å². The third-order valence-corrected chi connectivity index (χ3v) is 5.72. The Labute approximate surface area is 140 Å². The van der Waals surface area contributed by atoms with Gasteiger partial charge in [-0.1, -0.05) is 6.07 Å². The van der Waals surface area contributed by atoms with Crippen molar-refractivity contribution in [3.05, 3.63) is 35.4 Å². The summed E-state index contributed by atoms with van der Waals surface area (Å²) in [5, 5.41) is 11.0. The molecule has 24 heavy (non-hydrogen) atoms. The first kappa shape index (κ1) is 16.7. The Morgan fingerprint density at radius 3 is 2.42 bits per heavy atom. The number of halogens is 2. The van der Waals surface area contributed by atoms with Gasteiger partial charge in [0, 0.05) is 4.75 Å². The number of rotatable bonds is 3. The molecule has 128 valence electrons. The zero-order valence-electron chi connectivity index (χ0n) is 12.7. The van der Waals surface area contributed by atoms with Crippen molar-refractivity contribution in [1.82, 2.24) is 10.2 Å². The van der Waals surface area contributed by atoms with E-state index in [0.717, 1.165) is 18.2 Å². The summed E-state index contributed by atoms with van der Waals surface area (Å²) in [6, 6.07) is 0.995. The molecule has 0 radical (unpaired) electrons. The molecule has 3 unspecified atom stereocenters. The van der Waals surface area contributed by atoms with E-state index in [1.807, 2.05) is 0 Å². The standard InChI is InChI=1S/C15H14F2N2O4S/c1-15(2)10(14(22)23)19-12(21)9(13(19)24-15)18-11(20)8-6(16)4-3-5-7(8)17/h3-5,9-10,13H,1-2H3,(H,18,20)(H,22,23). The number of aliphatic carboxylic acids is 1. The van der Waals surface area contributed by atoms with Crippen molar-refractivity contribution < 1.29 is 28.3 Å². The Balaban J connectivity index is 1.81. The van der Waals surface area contributed by atoms with Gasteiger partial charge in [0.2, 0.25) is 5.91 Å². The number of carbonyl (C=O) groups excluding carboxylic acids is 2. The molecule has 3 atom stereocenters. The summed E-state index contributed by atoms with van der Waals surface area (Å²) in [6.07, 6.45) is 0. The lowest BCUT2D eigenvalue weighted by Gasteiger charge is -2.43. The first-order valence-electron chi connectivity index (χ1n) is 7.13. The van der Waals surface area contributed by atoms with Crippen LogP contribution in [0.15, 0.2) is 18.2 Å². The van der Waals surface area contributed by atoms with Gasteiger partial charge >= 0.3 is 5.97 Å². The van der Waals surface area contributed by atoms with Gasteiger partial charge in [0.1, 0.15) is 34.7 Å². The molecule has 2 heterocycles. The van der Waals surface area contributed by atoms with Crippen LogP contribution in [0.5, 0.6) is 0 Å². The third kappa shape index (κ3) is 2.34. The first-order valence-corrected chi connectivity index (χ1v) is 8.01. The number of β-lactam (4-membered cyclic amide) rings is 1. The number of thioether (sulfide) groups is 1. The Morgan fingerprint density at radius 1 is 1.29 bits per heavy atom. The van der Waals surface area contributed by atoms with Crippen LogP contribution in [0.25, 0.3) is 0 Å². The van der Waals surface area contributed by atoms with Crippen molar-refractivity contribution in [1.29, 1.82) is 0 Å². The van der Waals surface area contributed by atoms with Crippen LogP contribution < -0.4 is 5.32 Å². The van der Waals surface area contributed by atoms with Crippen LogP contribution in [-0.2, 0) is 9.59 Å². The van der Waals surface area contributed by atoms with Gasteiger partial charge < -0.3 is 15.3 Å². The SMILES string of the molecule is CC1(C)SC2C(NC(=O)c3c(F)cccc3F)C(=O)N2C1C(=O)O. The fourth-order valence-electron chi connectivity index (χ4n) is 3.07. The van der Waals surface area contributed by atoms with Crippen molar-refractivity contribution in [2.75, 3.05) is 0 Å². The van der Waals surface area contributed by atoms with Gasteiger partial charge in [-0.15, -0.1) is 11.8 Å². The zero-order chi connectivity index (χ0) is 17.8. The molecule has 0 saturated carbocycles. The molecule has 2 N–H and O–H groups in total. The fraction of sp³-hybridized carbons (Fsp3) is 0.400. The minimum absolute atomic E-state index is 0.574. The van der Waals surface area contributed by atoms with E-state index in [1.165, 1.54) is 16.7 Å². The molecule has 1 aromatic carbocycles. The monoisotopic (exact) mass is 356 g/mol. The van der Waals surface area contributed by atoms with Gasteiger partial charge in [-0.2, -0.15) is 0 Å². The van der Waals surface area contributed by atoms with E-state index in [0.29, 0.717) is 0 Å². The first-order chi connectivity index (χ1) is 11.1. The van der Waals surface area contributed by atoms with Gasteiger partial charge in [-0.05, 0) is 26.0 Å². The average Bonchev–Trinajstić information content (AvgIpc) is 2.73. The molecular weight excluding hydrogens is 342 g/mol. The topological polar surface area (TPSA) is 86.7 Å². The molecule has 2 fully saturated rings. The maximum absolute atomic E-state index is 13.7. The maximum Gasteiger partial charge on any atom is 0.327 e. The Morgan fingerprint density at radius 2 is 1.88 bits per heavy atom. The van der Waals surface area contributed by atoms with Gasteiger partial charge in [-0.3, -0.25) is 9.59 Å². The second kappa shape index (κ2) is 5.44. The number of nitrogens with zero attached hydrogens (tertiary/aromatic N) is 1. The lowest BCUT2D eigenvalue weighted by molar-refractivity contribution is -0.159. The van der Waals surface area contributed by atoms with Crippen molar-refractivity contribution in [3.8, 4) is 0 Å². The molecule has 0 bridgehead atoms. The quantitative estimate of drug-likeness (QED) is 0.795. The predicted molar refractivity (Wildman–Crippen MR) is 81.3 cm³/mol. The van der Waals surface area contributed by atoms with E-state index >= 15 is 0 Å². The van der Waals surface area contributed by atoms with Crippen LogP contribution in [0.4, 0.5) is 8.78 Å². The van der Waals surface area contributed by atoms with Crippen molar-refractivity contribution in [3.63, 3.8) is 0 Å². The van der Waals surface area contributed by atoms with Crippen LogP contribution in [0.1, 0.15) is 24.2 Å². The summed E-state index contributed by atoms with van der Waals surface area (Å²) in [4.78, 5) is 36.9. The maximum atomic E-state index is 13.7. The fourth-order valence-corrected chi connectivity index (χ4v) is 4.70. The third-order valence-electron chi connectivity index (χ3n) is 4.15. The molecule has 0 aliphatic carbocycles. The van der Waals surface area contributed by atoms with Crippen molar-refractivity contribution in [2.24, 2.45) is 0 Å². The number of hydrogen-bond donors (Lipinski definition) is 2. The van der Waals surface area contributed by atoms with Crippen LogP contribution in [-0.4, -0.2) is 50.0 Å². The molecule has 1 aromatic rings. The molecule has 2 aliphatic rings. The number of fused-ring (bicyclic) bond motifs is 1. The highest BCUT2D eigenvalue weighted by molar-refractivity contribution is 8.01. The largest absolute Gasteiger partial charge is 0.480 e. The predicted octanol–water partition coefficient (Wildman–Crippen LogP) is 1.21. The molecule has 2 amide bonds. The highest BCUT2D eigenvalue weighted by Crippen LogP contribution is 2.50. The van der Waals surface area contributed by atoms with Gasteiger partial charge in [-0.25, -0.2) is 13.6 Å². The molecular formula is C15H14F2N2O4S. The Bertz CT molecular complexity index is 735. The normalized spacial score (nSPS) is 27.4. The average molecular weight is 356 g/mol. The highest BCUT2D eigenvalue weighted by atomic mass is 32.2. The minimum Gasteiger partial charge on any atom is -0.480 e. The van der Waals surface area contributed by atoms with Crippen LogP contribution in [0.3, 0.4) is 0 Å². The summed E-state index contributed by atoms with van der Waals surface area (Å²) in [5.74, 6) is -4.80. The molecule has 2 saturated heterocycles. The molecule has 0 spiro atoms. The van der Waals surface area contributed by atoms with E-state index in [1.54, 1.807) is 13.8 Å². The minimum atomic E-state index is -1.13. The molecule has 0 aromatic heterocycles. The van der Waals surface area contributed by atoms with E-state index in [9.17, 15) is 28.3 Å². The van der Waals surface area contributed by atoms with Crippen LogP contribution in [0.2, 0.25) is 0 Å². The van der Waals surface area contributed by atoms with Crippen LogP contribution >= 0.6 is 11.8 Å². The van der Waals surface area contributed by atoms with E-state index in [4.69, 9.17) is 0 Å². The number of carbonyl (C=O) groups is 3. The van der Waals surface area contributed by atoms with Crippen LogP contribution in [0, 0.1) is 11.6 Å². The van der Waals surface area contributed by atoms with E-state index in [2.05, 4.69) is 5.32 Å². The molecule has 2 aliphatic heterocycles. The summed E-state index contributed by atoms with van der Waals surface area (Å²) < 4.78 is 26.6. The van der Waals surface area contributed by atoms with Gasteiger partial charge in [0.15, 0.2) is 0 Å². The number of benzene rings is 1. The smallest absolute Gasteiger partial charge is 0.327 e. The number of carboxylic acids is 1. The van der Waals surface area contributed by atoms with E-state index < -0.39 is 57.2 Å². The Kier molecular flexibility index (Phi) is 3.78. The summed E-state index contributed by atoms with van der Waals surface area (Å²) in [5.41, 5.74) is -0.763. The van der Waals surface area contributed by atoms with Gasteiger partial charge in [0.25, 0.3) is 5.91 Å². The second-order valence-electron chi connectivity index (χ2n) is 6.15. The number of hydrogen-bond acceptors (Lipinski definition) is 4. The summed E-state index contributed by atoms with van der Waals surface area (Å²) in [6.45, 7) is 3.38. The van der Waals surface area contributed by atoms with Crippen molar-refractivity contribution >= 4 is 29.5 Å². The second-order valence-corrected chi connectivity index (χ2v) is 7.92. The molecule has 6 nitrogen and oxygen atoms in total. The Hall–Kier alpha value is -2.16. The lowest BCUT2D eigenvalue weighted by Crippen LogP contribution is -2.70. The molecule has 3 rings (SSSR count). The van der Waals surface area contributed by atoms with Crippen molar-refractivity contribution in [2.45, 2.75) is 36.1 Å². The van der Waals surface area contributed by atoms with E-state index in [-0.39, 0.29) is 0 Å². The summed E-state index contributed by atoms with van der Waals surface area (Å²) in [7, 11) is 0. The number of nitrogens with one attached hydrogen (secondary N) is 1. The number of amides is 2. The zero-order valence-corrected chi connectivity index (χ0v) is 13.6. The molecule has 9 heteroatoms. The number of carboxylic acid groups (broad SMARTS) is 1.